The lowest BCUT2D eigenvalue weighted by Crippen LogP contribution is -2.62. The lowest BCUT2D eigenvalue weighted by molar-refractivity contribution is -0.280. The zero-order valence-corrected chi connectivity index (χ0v) is 33.7. The molecule has 1 heterocycles. The normalized spacial score (nSPS) is 20.1. The highest BCUT2D eigenvalue weighted by Crippen LogP contribution is 2.51. The molecule has 0 bridgehead atoms. The maximum atomic E-state index is 14.3. The molecule has 62 heavy (non-hydrogen) atoms. The van der Waals surface area contributed by atoms with E-state index in [4.69, 9.17) is 32.7 Å². The van der Waals surface area contributed by atoms with Crippen LogP contribution >= 0.6 is 7.82 Å². The molecule has 2 aliphatic rings. The van der Waals surface area contributed by atoms with Crippen molar-refractivity contribution < 1.29 is 61.4 Å². The van der Waals surface area contributed by atoms with Gasteiger partial charge in [-0.3, -0.25) is 9.05 Å². The van der Waals surface area contributed by atoms with E-state index in [0.29, 0.717) is 0 Å². The predicted octanol–water partition coefficient (Wildman–Crippen LogP) is 8.19. The van der Waals surface area contributed by atoms with Gasteiger partial charge in [0, 0.05) is 5.92 Å². The van der Waals surface area contributed by atoms with E-state index in [1.807, 2.05) is 48.5 Å². The second-order valence-corrected chi connectivity index (χ2v) is 15.7. The minimum absolute atomic E-state index is 0.0535. The van der Waals surface area contributed by atoms with Crippen molar-refractivity contribution in [3.05, 3.63) is 203 Å². The van der Waals surface area contributed by atoms with Crippen LogP contribution in [-0.4, -0.2) is 72.7 Å². The molecular formula is C48H39O13P. The first kappa shape index (κ1) is 42.0. The molecule has 6 atom stereocenters. The molecule has 314 valence electrons. The van der Waals surface area contributed by atoms with E-state index in [1.165, 1.54) is 48.5 Å². The monoisotopic (exact) mass is 854 g/mol. The van der Waals surface area contributed by atoms with Crippen LogP contribution in [0.25, 0.3) is 11.1 Å². The maximum Gasteiger partial charge on any atom is 0.472 e. The molecule has 1 unspecified atom stereocenters. The number of hydrogen-bond acceptors (Lipinski definition) is 12. The van der Waals surface area contributed by atoms with Gasteiger partial charge in [0.1, 0.15) is 18.8 Å². The molecule has 6 aromatic carbocycles. The largest absolute Gasteiger partial charge is 0.472 e. The number of phosphoric acid groups is 1. The van der Waals surface area contributed by atoms with E-state index < -0.39 is 74.9 Å². The van der Waals surface area contributed by atoms with Gasteiger partial charge in [-0.05, 0) is 70.8 Å². The minimum atomic E-state index is -5.21. The molecule has 1 aliphatic heterocycles. The van der Waals surface area contributed by atoms with Gasteiger partial charge in [-0.1, -0.05) is 121 Å². The summed E-state index contributed by atoms with van der Waals surface area (Å²) in [6, 6.07) is 46.7. The SMILES string of the molecule is O=C(OC[C@H]1O[C@H](OC(=O)c2ccccc2)[C@@H](OC(=O)c2ccccc2)[C@@H](OC(=O)c2ccccc2)[C@@H]1OP(=O)(O)OCC1c2ccccc2-c2ccccc21)c1ccccc1. The van der Waals surface area contributed by atoms with Gasteiger partial charge < -0.3 is 28.6 Å². The Morgan fingerprint density at radius 1 is 0.484 bits per heavy atom. The molecule has 6 aromatic rings. The van der Waals surface area contributed by atoms with Gasteiger partial charge in [-0.2, -0.15) is 0 Å². The second-order valence-electron chi connectivity index (χ2n) is 14.3. The van der Waals surface area contributed by atoms with Crippen LogP contribution < -0.4 is 0 Å². The van der Waals surface area contributed by atoms with Crippen molar-refractivity contribution in [2.24, 2.45) is 0 Å². The van der Waals surface area contributed by atoms with Crippen LogP contribution in [0, 0.1) is 0 Å². The molecule has 1 saturated heterocycles. The van der Waals surface area contributed by atoms with E-state index in [0.717, 1.165) is 22.3 Å². The van der Waals surface area contributed by atoms with Crippen molar-refractivity contribution in [1.29, 1.82) is 0 Å². The summed E-state index contributed by atoms with van der Waals surface area (Å²) in [6.07, 6.45) is -9.06. The van der Waals surface area contributed by atoms with Gasteiger partial charge in [0.05, 0.1) is 28.9 Å². The number of phosphoric ester groups is 1. The summed E-state index contributed by atoms with van der Waals surface area (Å²) in [5, 5.41) is 0. The van der Waals surface area contributed by atoms with Gasteiger partial charge >= 0.3 is 31.7 Å². The Morgan fingerprint density at radius 3 is 1.37 bits per heavy atom. The van der Waals surface area contributed by atoms with Crippen LogP contribution in [0.4, 0.5) is 0 Å². The van der Waals surface area contributed by atoms with E-state index in [1.54, 1.807) is 72.8 Å². The first-order valence-corrected chi connectivity index (χ1v) is 21.1. The van der Waals surface area contributed by atoms with Crippen LogP contribution in [0.1, 0.15) is 58.5 Å². The number of rotatable bonds is 14. The van der Waals surface area contributed by atoms with Crippen molar-refractivity contribution in [2.45, 2.75) is 36.6 Å². The molecule has 14 heteroatoms. The minimum Gasteiger partial charge on any atom is -0.459 e. The molecule has 0 aromatic heterocycles. The zero-order chi connectivity index (χ0) is 43.1. The number of esters is 4. The second kappa shape index (κ2) is 18.9. The van der Waals surface area contributed by atoms with Gasteiger partial charge in [0.2, 0.25) is 12.4 Å². The Labute approximate surface area is 356 Å². The summed E-state index contributed by atoms with van der Waals surface area (Å²) in [5.74, 6) is -4.10. The number of ether oxygens (including phenoxy) is 5. The highest BCUT2D eigenvalue weighted by atomic mass is 31.2. The topological polar surface area (TPSA) is 170 Å². The Hall–Kier alpha value is -6.73. The first-order valence-electron chi connectivity index (χ1n) is 19.6. The highest BCUT2D eigenvalue weighted by Gasteiger charge is 2.55. The lowest BCUT2D eigenvalue weighted by atomic mass is 9.98. The van der Waals surface area contributed by atoms with Gasteiger partial charge in [-0.25, -0.2) is 23.7 Å². The number of hydrogen-bond donors (Lipinski definition) is 1. The Morgan fingerprint density at radius 2 is 0.887 bits per heavy atom. The molecule has 0 radical (unpaired) electrons. The predicted molar refractivity (Wildman–Crippen MR) is 223 cm³/mol. The average Bonchev–Trinajstić information content (AvgIpc) is 3.63. The van der Waals surface area contributed by atoms with Gasteiger partial charge in [0.15, 0.2) is 6.10 Å². The summed E-state index contributed by atoms with van der Waals surface area (Å²) >= 11 is 0. The van der Waals surface area contributed by atoms with E-state index in [9.17, 15) is 28.6 Å². The lowest BCUT2D eigenvalue weighted by Gasteiger charge is -2.44. The third-order valence-electron chi connectivity index (χ3n) is 10.3. The quantitative estimate of drug-likeness (QED) is 0.0633. The van der Waals surface area contributed by atoms with Crippen LogP contribution in [-0.2, 0) is 37.3 Å². The van der Waals surface area contributed by atoms with Crippen LogP contribution in [0.5, 0.6) is 0 Å². The number of fused-ring (bicyclic) bond motifs is 3. The third kappa shape index (κ3) is 9.58. The summed E-state index contributed by atoms with van der Waals surface area (Å²) in [7, 11) is -5.21. The fraction of sp³-hybridized carbons (Fsp3) is 0.167. The summed E-state index contributed by atoms with van der Waals surface area (Å²) < 4.78 is 55.7. The molecule has 0 spiro atoms. The highest BCUT2D eigenvalue weighted by molar-refractivity contribution is 7.47. The molecule has 13 nitrogen and oxygen atoms in total. The summed E-state index contributed by atoms with van der Waals surface area (Å²) in [6.45, 7) is -1.01. The zero-order valence-electron chi connectivity index (χ0n) is 32.8. The molecule has 1 fully saturated rings. The van der Waals surface area contributed by atoms with Gasteiger partial charge in [0.25, 0.3) is 0 Å². The molecule has 0 amide bonds. The Kier molecular flexibility index (Phi) is 12.8. The number of carbonyl (C=O) groups excluding carboxylic acids is 4. The van der Waals surface area contributed by atoms with E-state index in [-0.39, 0.29) is 28.9 Å². The smallest absolute Gasteiger partial charge is 0.459 e. The number of carbonyl (C=O) groups is 4. The van der Waals surface area contributed by atoms with Crippen LogP contribution in [0.15, 0.2) is 170 Å². The third-order valence-corrected chi connectivity index (χ3v) is 11.3. The van der Waals surface area contributed by atoms with Crippen molar-refractivity contribution in [3.63, 3.8) is 0 Å². The summed E-state index contributed by atoms with van der Waals surface area (Å²) in [5.41, 5.74) is 4.00. The maximum absolute atomic E-state index is 14.3. The average molecular weight is 855 g/mol. The van der Waals surface area contributed by atoms with Gasteiger partial charge in [-0.15, -0.1) is 0 Å². The van der Waals surface area contributed by atoms with Crippen molar-refractivity contribution in [1.82, 2.24) is 0 Å². The standard InChI is InChI=1S/C48H39O13P/c49-44(31-17-5-1-6-18-31)55-30-40-41(61-62(53,54)56-29-39-37-27-15-13-25-35(37)36-26-14-16-28-38(36)39)42(58-45(50)32-19-7-2-8-20-32)43(59-46(51)33-21-9-3-10-22-33)48(57-40)60-47(52)34-23-11-4-12-24-34/h1-28,39-43,48H,29-30H2,(H,53,54)/t40-,41-,42+,43+,48-/m1/s1. The van der Waals surface area contributed by atoms with E-state index >= 15 is 0 Å². The van der Waals surface area contributed by atoms with Crippen molar-refractivity contribution in [2.75, 3.05) is 13.2 Å². The molecular weight excluding hydrogens is 815 g/mol. The molecule has 1 aliphatic carbocycles. The van der Waals surface area contributed by atoms with Crippen LogP contribution in [0.3, 0.4) is 0 Å². The first-order chi connectivity index (χ1) is 30.1. The van der Waals surface area contributed by atoms with Crippen molar-refractivity contribution >= 4 is 31.7 Å². The molecule has 8 rings (SSSR count). The molecule has 0 saturated carbocycles. The summed E-state index contributed by atoms with van der Waals surface area (Å²) in [4.78, 5) is 66.3. The van der Waals surface area contributed by atoms with Crippen LogP contribution in [0.2, 0.25) is 0 Å². The fourth-order valence-electron chi connectivity index (χ4n) is 7.38. The Bertz CT molecular complexity index is 2530. The molecule has 1 N–H and O–H groups in total. The van der Waals surface area contributed by atoms with E-state index in [2.05, 4.69) is 0 Å². The van der Waals surface area contributed by atoms with Crippen molar-refractivity contribution in [3.8, 4) is 11.1 Å². The fourth-order valence-corrected chi connectivity index (χ4v) is 8.34. The number of benzene rings is 6. The Balaban J connectivity index is 1.17.